The van der Waals surface area contributed by atoms with Crippen LogP contribution in [-0.2, 0) is 4.74 Å². The first kappa shape index (κ1) is 25.8. The Morgan fingerprint density at radius 3 is 1.00 bits per heavy atom. The first-order valence-corrected chi connectivity index (χ1v) is 9.99. The fourth-order valence-electron chi connectivity index (χ4n) is 2.78. The van der Waals surface area contributed by atoms with Crippen molar-refractivity contribution in [2.24, 2.45) is 0 Å². The van der Waals surface area contributed by atoms with E-state index in [1.54, 1.807) is 0 Å². The fourth-order valence-corrected chi connectivity index (χ4v) is 2.78. The predicted molar refractivity (Wildman–Crippen MR) is 102 cm³/mol. The molecule has 0 bridgehead atoms. The van der Waals surface area contributed by atoms with Gasteiger partial charge in [-0.3, -0.25) is 0 Å². The van der Waals surface area contributed by atoms with Crippen LogP contribution >= 0.6 is 0 Å². The molecule has 0 atom stereocenters. The summed E-state index contributed by atoms with van der Waals surface area (Å²) >= 11 is 0. The maximum absolute atomic E-state index is 5.72. The van der Waals surface area contributed by atoms with Crippen molar-refractivity contribution in [2.75, 3.05) is 13.2 Å². The van der Waals surface area contributed by atoms with Crippen LogP contribution in [0.2, 0.25) is 0 Å². The van der Waals surface area contributed by atoms with E-state index in [9.17, 15) is 0 Å². The average Bonchev–Trinajstić information content (AvgIpc) is 2.50. The first-order chi connectivity index (χ1) is 10.4. The number of hydrogen-bond acceptors (Lipinski definition) is 1. The molecule has 0 fully saturated rings. The van der Waals surface area contributed by atoms with Crippen molar-refractivity contribution >= 4 is 51.4 Å². The Bertz CT molecular complexity index is 155. The van der Waals surface area contributed by atoms with Crippen molar-refractivity contribution in [3.63, 3.8) is 0 Å². The summed E-state index contributed by atoms with van der Waals surface area (Å²) in [6.07, 6.45) is 22.2. The molecule has 0 aromatic carbocycles. The maximum Gasteiger partial charge on any atom is 0.0466 e. The summed E-state index contributed by atoms with van der Waals surface area (Å²) in [7, 11) is 0. The Hall–Kier alpha value is 1.60. The quantitative estimate of drug-likeness (QED) is 0.195. The Morgan fingerprint density at radius 1 is 0.409 bits per heavy atom. The minimum absolute atomic E-state index is 0. The average molecular weight is 338 g/mol. The van der Waals surface area contributed by atoms with Crippen molar-refractivity contribution in [3.05, 3.63) is 0 Å². The second-order valence-corrected chi connectivity index (χ2v) is 6.56. The molecule has 0 rings (SSSR count). The van der Waals surface area contributed by atoms with E-state index in [-0.39, 0.29) is 51.4 Å². The van der Waals surface area contributed by atoms with Crippen LogP contribution in [-0.4, -0.2) is 64.6 Å². The SMILES string of the molecule is CCCCCCCCCCOCCCCCCCCCC.[K]. The van der Waals surface area contributed by atoms with Gasteiger partial charge in [0.1, 0.15) is 0 Å². The van der Waals surface area contributed by atoms with Gasteiger partial charge in [0.25, 0.3) is 0 Å². The molecule has 0 aromatic heterocycles. The number of rotatable bonds is 18. The van der Waals surface area contributed by atoms with Gasteiger partial charge in [-0.05, 0) is 12.8 Å². The third kappa shape index (κ3) is 23.9. The van der Waals surface area contributed by atoms with E-state index in [1.807, 2.05) is 0 Å². The molecular weight excluding hydrogens is 295 g/mol. The zero-order valence-corrected chi connectivity index (χ0v) is 19.3. The summed E-state index contributed by atoms with van der Waals surface area (Å²) in [5.74, 6) is 0. The zero-order valence-electron chi connectivity index (χ0n) is 16.1. The van der Waals surface area contributed by atoms with Gasteiger partial charge in [-0.1, -0.05) is 104 Å². The van der Waals surface area contributed by atoms with Crippen molar-refractivity contribution in [1.82, 2.24) is 0 Å². The van der Waals surface area contributed by atoms with Gasteiger partial charge < -0.3 is 4.74 Å². The molecule has 2 heteroatoms. The minimum Gasteiger partial charge on any atom is -0.381 e. The molecule has 129 valence electrons. The molecule has 22 heavy (non-hydrogen) atoms. The van der Waals surface area contributed by atoms with E-state index >= 15 is 0 Å². The Labute approximate surface area is 184 Å². The van der Waals surface area contributed by atoms with E-state index in [2.05, 4.69) is 13.8 Å². The van der Waals surface area contributed by atoms with Crippen LogP contribution in [0.15, 0.2) is 0 Å². The molecule has 0 aliphatic carbocycles. The molecule has 0 N–H and O–H groups in total. The Balaban J connectivity index is 0. The summed E-state index contributed by atoms with van der Waals surface area (Å²) in [5.41, 5.74) is 0. The van der Waals surface area contributed by atoms with Crippen molar-refractivity contribution in [3.8, 4) is 0 Å². The van der Waals surface area contributed by atoms with E-state index in [1.165, 1.54) is 103 Å². The molecule has 0 aromatic rings. The smallest absolute Gasteiger partial charge is 0.0466 e. The van der Waals surface area contributed by atoms with Gasteiger partial charge in [0, 0.05) is 64.6 Å². The normalized spacial score (nSPS) is 10.6. The van der Waals surface area contributed by atoms with Crippen LogP contribution in [0.5, 0.6) is 0 Å². The Morgan fingerprint density at radius 2 is 0.682 bits per heavy atom. The van der Waals surface area contributed by atoms with Gasteiger partial charge in [-0.15, -0.1) is 0 Å². The third-order valence-electron chi connectivity index (χ3n) is 4.28. The van der Waals surface area contributed by atoms with Crippen LogP contribution < -0.4 is 0 Å². The van der Waals surface area contributed by atoms with Crippen molar-refractivity contribution in [1.29, 1.82) is 0 Å². The van der Waals surface area contributed by atoms with Gasteiger partial charge >= 0.3 is 0 Å². The van der Waals surface area contributed by atoms with Gasteiger partial charge in [0.05, 0.1) is 0 Å². The first-order valence-electron chi connectivity index (χ1n) is 9.99. The molecule has 1 nitrogen and oxygen atoms in total. The number of ether oxygens (including phenoxy) is 1. The van der Waals surface area contributed by atoms with Crippen molar-refractivity contribution in [2.45, 2.75) is 117 Å². The molecular formula is C20H42KO. The fraction of sp³-hybridized carbons (Fsp3) is 1.00. The number of hydrogen-bond donors (Lipinski definition) is 0. The molecule has 0 heterocycles. The van der Waals surface area contributed by atoms with Crippen LogP contribution in [0.1, 0.15) is 117 Å². The van der Waals surface area contributed by atoms with E-state index in [0.29, 0.717) is 0 Å². The molecule has 0 saturated carbocycles. The topological polar surface area (TPSA) is 9.23 Å². The van der Waals surface area contributed by atoms with E-state index < -0.39 is 0 Å². The summed E-state index contributed by atoms with van der Waals surface area (Å²) < 4.78 is 5.72. The molecule has 0 aliphatic heterocycles. The van der Waals surface area contributed by atoms with Crippen LogP contribution in [0.4, 0.5) is 0 Å². The number of unbranched alkanes of at least 4 members (excludes halogenated alkanes) is 14. The second-order valence-electron chi connectivity index (χ2n) is 6.56. The van der Waals surface area contributed by atoms with Gasteiger partial charge in [-0.2, -0.15) is 0 Å². The molecule has 0 spiro atoms. The van der Waals surface area contributed by atoms with E-state index in [0.717, 1.165) is 13.2 Å². The summed E-state index contributed by atoms with van der Waals surface area (Å²) in [6, 6.07) is 0. The van der Waals surface area contributed by atoms with Crippen LogP contribution in [0.25, 0.3) is 0 Å². The molecule has 0 aliphatic rings. The van der Waals surface area contributed by atoms with Crippen molar-refractivity contribution < 1.29 is 4.74 Å². The Kier molecular flexibility index (Phi) is 29.2. The largest absolute Gasteiger partial charge is 0.381 e. The molecule has 0 saturated heterocycles. The van der Waals surface area contributed by atoms with Gasteiger partial charge in [-0.25, -0.2) is 0 Å². The van der Waals surface area contributed by atoms with Crippen LogP contribution in [0.3, 0.4) is 0 Å². The second kappa shape index (κ2) is 24.8. The predicted octanol–water partition coefficient (Wildman–Crippen LogP) is 6.90. The van der Waals surface area contributed by atoms with Gasteiger partial charge in [0.15, 0.2) is 0 Å². The molecule has 1 radical (unpaired) electrons. The minimum atomic E-state index is 0. The zero-order chi connectivity index (χ0) is 15.4. The maximum atomic E-state index is 5.72. The summed E-state index contributed by atoms with van der Waals surface area (Å²) in [6.45, 7) is 6.55. The van der Waals surface area contributed by atoms with Crippen LogP contribution in [0, 0.1) is 0 Å². The summed E-state index contributed by atoms with van der Waals surface area (Å²) in [4.78, 5) is 0. The monoisotopic (exact) mass is 337 g/mol. The molecule has 0 unspecified atom stereocenters. The van der Waals surface area contributed by atoms with E-state index in [4.69, 9.17) is 4.74 Å². The standard InChI is InChI=1S/C20H42O.K/c1-3-5-7-9-11-13-15-17-19-21-20-18-16-14-12-10-8-6-4-2;/h3-20H2,1-2H3;. The van der Waals surface area contributed by atoms with Gasteiger partial charge in [0.2, 0.25) is 0 Å². The summed E-state index contributed by atoms with van der Waals surface area (Å²) in [5, 5.41) is 0. The third-order valence-corrected chi connectivity index (χ3v) is 4.28. The molecule has 0 amide bonds.